The van der Waals surface area contributed by atoms with Crippen LogP contribution in [-0.4, -0.2) is 26.2 Å². The van der Waals surface area contributed by atoms with Crippen LogP contribution in [-0.2, 0) is 6.54 Å². The maximum absolute atomic E-state index is 5.93. The van der Waals surface area contributed by atoms with Crippen molar-refractivity contribution in [2.75, 3.05) is 0 Å². The summed E-state index contributed by atoms with van der Waals surface area (Å²) < 4.78 is 2.59. The molecule has 0 bridgehead atoms. The van der Waals surface area contributed by atoms with Gasteiger partial charge in [0.05, 0.1) is 12.2 Å². The average Bonchev–Trinajstić information content (AvgIpc) is 3.06. The SMILES string of the molecule is Clc1ccc(-n2nnnc2CNC2CC2)c(Br)c1. The third-order valence-electron chi connectivity index (χ3n) is 2.80. The maximum atomic E-state index is 5.93. The molecule has 0 unspecified atom stereocenters. The third kappa shape index (κ3) is 2.55. The number of benzene rings is 1. The van der Waals surface area contributed by atoms with Crippen molar-refractivity contribution in [1.29, 1.82) is 0 Å². The van der Waals surface area contributed by atoms with E-state index in [4.69, 9.17) is 11.6 Å². The molecule has 0 aliphatic heterocycles. The lowest BCUT2D eigenvalue weighted by atomic mass is 10.3. The number of halogens is 2. The van der Waals surface area contributed by atoms with Gasteiger partial charge in [-0.2, -0.15) is 4.68 Å². The zero-order chi connectivity index (χ0) is 12.5. The van der Waals surface area contributed by atoms with E-state index in [0.717, 1.165) is 16.0 Å². The van der Waals surface area contributed by atoms with Crippen molar-refractivity contribution < 1.29 is 0 Å². The summed E-state index contributed by atoms with van der Waals surface area (Å²) in [4.78, 5) is 0. The van der Waals surface area contributed by atoms with Crippen LogP contribution in [0.25, 0.3) is 5.69 Å². The van der Waals surface area contributed by atoms with E-state index >= 15 is 0 Å². The molecule has 1 aliphatic rings. The Labute approximate surface area is 118 Å². The van der Waals surface area contributed by atoms with E-state index in [1.807, 2.05) is 18.2 Å². The van der Waals surface area contributed by atoms with Gasteiger partial charge < -0.3 is 5.32 Å². The average molecular weight is 329 g/mol. The Bertz CT molecular complexity index is 566. The number of rotatable bonds is 4. The Morgan fingerprint density at radius 3 is 3.00 bits per heavy atom. The van der Waals surface area contributed by atoms with Crippen LogP contribution in [0.1, 0.15) is 18.7 Å². The van der Waals surface area contributed by atoms with Crippen molar-refractivity contribution in [3.05, 3.63) is 33.5 Å². The first-order valence-electron chi connectivity index (χ1n) is 5.70. The van der Waals surface area contributed by atoms with Gasteiger partial charge in [0, 0.05) is 15.5 Å². The van der Waals surface area contributed by atoms with Crippen molar-refractivity contribution in [1.82, 2.24) is 25.5 Å². The molecule has 5 nitrogen and oxygen atoms in total. The minimum absolute atomic E-state index is 0.629. The molecule has 0 spiro atoms. The largest absolute Gasteiger partial charge is 0.307 e. The summed E-state index contributed by atoms with van der Waals surface area (Å²) in [5.74, 6) is 0.796. The molecule has 1 N–H and O–H groups in total. The fourth-order valence-electron chi connectivity index (χ4n) is 1.68. The van der Waals surface area contributed by atoms with Crippen LogP contribution in [0.2, 0.25) is 5.02 Å². The van der Waals surface area contributed by atoms with E-state index in [-0.39, 0.29) is 0 Å². The molecule has 94 valence electrons. The van der Waals surface area contributed by atoms with Crippen LogP contribution in [0.4, 0.5) is 0 Å². The standard InChI is InChI=1S/C11H11BrClN5/c12-9-5-7(13)1-4-10(9)18-11(15-16-17-18)6-14-8-2-3-8/h1,4-5,8,14H,2-3,6H2. The Balaban J connectivity index is 1.88. The molecular weight excluding hydrogens is 318 g/mol. The van der Waals surface area contributed by atoms with E-state index < -0.39 is 0 Å². The Kier molecular flexibility index (Phi) is 3.32. The summed E-state index contributed by atoms with van der Waals surface area (Å²) in [6.45, 7) is 0.673. The molecule has 2 aromatic rings. The molecule has 0 saturated heterocycles. The number of aromatic nitrogens is 4. The molecule has 1 saturated carbocycles. The van der Waals surface area contributed by atoms with Gasteiger partial charge in [-0.05, 0) is 57.4 Å². The molecule has 1 fully saturated rings. The molecular formula is C11H11BrClN5. The molecule has 1 heterocycles. The van der Waals surface area contributed by atoms with Crippen LogP contribution in [0.3, 0.4) is 0 Å². The number of hydrogen-bond acceptors (Lipinski definition) is 4. The fourth-order valence-corrected chi connectivity index (χ4v) is 2.53. The maximum Gasteiger partial charge on any atom is 0.170 e. The van der Waals surface area contributed by atoms with Gasteiger partial charge in [-0.25, -0.2) is 0 Å². The van der Waals surface area contributed by atoms with Gasteiger partial charge in [0.2, 0.25) is 0 Å². The molecule has 1 aliphatic carbocycles. The highest BCUT2D eigenvalue weighted by atomic mass is 79.9. The molecule has 7 heteroatoms. The van der Waals surface area contributed by atoms with E-state index in [1.165, 1.54) is 12.8 Å². The molecule has 1 aromatic heterocycles. The van der Waals surface area contributed by atoms with Crippen LogP contribution in [0, 0.1) is 0 Å². The Morgan fingerprint density at radius 2 is 2.28 bits per heavy atom. The van der Waals surface area contributed by atoms with Gasteiger partial charge in [0.25, 0.3) is 0 Å². The second kappa shape index (κ2) is 4.95. The smallest absolute Gasteiger partial charge is 0.170 e. The highest BCUT2D eigenvalue weighted by Crippen LogP contribution is 2.25. The lowest BCUT2D eigenvalue weighted by Gasteiger charge is -2.07. The van der Waals surface area contributed by atoms with Gasteiger partial charge in [0.15, 0.2) is 5.82 Å². The number of hydrogen-bond donors (Lipinski definition) is 1. The minimum Gasteiger partial charge on any atom is -0.307 e. The van der Waals surface area contributed by atoms with Crippen molar-refractivity contribution in [2.24, 2.45) is 0 Å². The van der Waals surface area contributed by atoms with Gasteiger partial charge in [-0.1, -0.05) is 11.6 Å². The molecule has 0 atom stereocenters. The summed E-state index contributed by atoms with van der Waals surface area (Å²) in [6, 6.07) is 6.17. The predicted octanol–water partition coefficient (Wildman–Crippen LogP) is 2.33. The van der Waals surface area contributed by atoms with Crippen molar-refractivity contribution in [3.8, 4) is 5.69 Å². The lowest BCUT2D eigenvalue weighted by Crippen LogP contribution is -2.19. The van der Waals surface area contributed by atoms with Gasteiger partial charge in [-0.15, -0.1) is 5.10 Å². The van der Waals surface area contributed by atoms with Crippen molar-refractivity contribution in [3.63, 3.8) is 0 Å². The molecule has 1 aromatic carbocycles. The Hall–Kier alpha value is -0.980. The highest BCUT2D eigenvalue weighted by Gasteiger charge is 2.21. The summed E-state index contributed by atoms with van der Waals surface area (Å²) in [5.41, 5.74) is 0.886. The topological polar surface area (TPSA) is 55.6 Å². The monoisotopic (exact) mass is 327 g/mol. The number of nitrogens with zero attached hydrogens (tertiary/aromatic N) is 4. The fraction of sp³-hybridized carbons (Fsp3) is 0.364. The first-order chi connectivity index (χ1) is 8.74. The highest BCUT2D eigenvalue weighted by molar-refractivity contribution is 9.10. The van der Waals surface area contributed by atoms with Gasteiger partial charge in [0.1, 0.15) is 0 Å². The second-order valence-electron chi connectivity index (χ2n) is 4.26. The minimum atomic E-state index is 0.629. The molecule has 3 rings (SSSR count). The van der Waals surface area contributed by atoms with Crippen LogP contribution in [0.5, 0.6) is 0 Å². The summed E-state index contributed by atoms with van der Waals surface area (Å²) >= 11 is 9.40. The first kappa shape index (κ1) is 12.1. The van der Waals surface area contributed by atoms with E-state index in [2.05, 4.69) is 36.8 Å². The quantitative estimate of drug-likeness (QED) is 0.936. The molecule has 0 radical (unpaired) electrons. The normalized spacial score (nSPS) is 15.0. The molecule has 18 heavy (non-hydrogen) atoms. The summed E-state index contributed by atoms with van der Waals surface area (Å²) in [5, 5.41) is 15.9. The zero-order valence-electron chi connectivity index (χ0n) is 9.48. The van der Waals surface area contributed by atoms with Crippen LogP contribution >= 0.6 is 27.5 Å². The van der Waals surface area contributed by atoms with E-state index in [1.54, 1.807) is 4.68 Å². The van der Waals surface area contributed by atoms with Gasteiger partial charge in [-0.3, -0.25) is 0 Å². The van der Waals surface area contributed by atoms with Crippen LogP contribution in [0.15, 0.2) is 22.7 Å². The van der Waals surface area contributed by atoms with Gasteiger partial charge >= 0.3 is 0 Å². The predicted molar refractivity (Wildman–Crippen MR) is 71.7 cm³/mol. The Morgan fingerprint density at radius 1 is 1.44 bits per heavy atom. The summed E-state index contributed by atoms with van der Waals surface area (Å²) in [6.07, 6.45) is 2.48. The van der Waals surface area contributed by atoms with Crippen molar-refractivity contribution in [2.45, 2.75) is 25.4 Å². The van der Waals surface area contributed by atoms with E-state index in [9.17, 15) is 0 Å². The van der Waals surface area contributed by atoms with Crippen molar-refractivity contribution >= 4 is 27.5 Å². The molecule has 0 amide bonds. The third-order valence-corrected chi connectivity index (χ3v) is 3.67. The first-order valence-corrected chi connectivity index (χ1v) is 6.87. The zero-order valence-corrected chi connectivity index (χ0v) is 11.8. The number of tetrazole rings is 1. The lowest BCUT2D eigenvalue weighted by molar-refractivity contribution is 0.637. The van der Waals surface area contributed by atoms with Crippen LogP contribution < -0.4 is 5.32 Å². The second-order valence-corrected chi connectivity index (χ2v) is 5.55. The van der Waals surface area contributed by atoms with E-state index in [0.29, 0.717) is 17.6 Å². The summed E-state index contributed by atoms with van der Waals surface area (Å²) in [7, 11) is 0. The number of nitrogens with one attached hydrogen (secondary N) is 1.